The number of esters is 1. The molecule has 6 nitrogen and oxygen atoms in total. The number of nitrogens with zero attached hydrogens (tertiary/aromatic N) is 3. The van der Waals surface area contributed by atoms with Crippen molar-refractivity contribution < 1.29 is 9.53 Å². The quantitative estimate of drug-likeness (QED) is 0.419. The average molecular weight is 362 g/mol. The van der Waals surface area contributed by atoms with Gasteiger partial charge in [0.25, 0.3) is 0 Å². The molecule has 25 heavy (non-hydrogen) atoms. The van der Waals surface area contributed by atoms with E-state index in [0.717, 1.165) is 41.5 Å². The number of aryl methyl sites for hydroxylation is 1. The molecule has 0 spiro atoms. The molecule has 0 fully saturated rings. The second-order valence-corrected chi connectivity index (χ2v) is 7.04. The molecule has 1 aromatic heterocycles. The van der Waals surface area contributed by atoms with Gasteiger partial charge >= 0.3 is 5.97 Å². The number of thioether (sulfide) groups is 1. The monoisotopic (exact) mass is 362 g/mol. The molecule has 1 aromatic carbocycles. The van der Waals surface area contributed by atoms with Gasteiger partial charge in [0.2, 0.25) is 0 Å². The van der Waals surface area contributed by atoms with Crippen LogP contribution in [0.5, 0.6) is 0 Å². The van der Waals surface area contributed by atoms with Crippen molar-refractivity contribution in [3.05, 3.63) is 35.7 Å². The van der Waals surface area contributed by atoms with Gasteiger partial charge in [0.1, 0.15) is 11.1 Å². The van der Waals surface area contributed by atoms with E-state index in [2.05, 4.69) is 21.7 Å². The fraction of sp³-hybridized carbons (Fsp3) is 0.500. The van der Waals surface area contributed by atoms with Gasteiger partial charge in [-0.1, -0.05) is 44.2 Å². The van der Waals surface area contributed by atoms with E-state index in [1.807, 2.05) is 31.2 Å². The molecule has 7 heteroatoms. The van der Waals surface area contributed by atoms with Crippen LogP contribution in [0.2, 0.25) is 0 Å². The van der Waals surface area contributed by atoms with E-state index in [1.165, 1.54) is 18.9 Å². The van der Waals surface area contributed by atoms with E-state index in [0.29, 0.717) is 13.0 Å². The SMILES string of the molecule is CCCCc1nnc(SC(CC)C(=O)OC)n1Cc1ccc(N)cc1. The number of aromatic nitrogens is 3. The van der Waals surface area contributed by atoms with Crippen molar-refractivity contribution in [1.29, 1.82) is 0 Å². The molecule has 2 N–H and O–H groups in total. The highest BCUT2D eigenvalue weighted by Gasteiger charge is 2.23. The van der Waals surface area contributed by atoms with Gasteiger partial charge in [0, 0.05) is 12.1 Å². The highest BCUT2D eigenvalue weighted by molar-refractivity contribution is 8.00. The first-order chi connectivity index (χ1) is 12.1. The highest BCUT2D eigenvalue weighted by Crippen LogP contribution is 2.26. The first-order valence-electron chi connectivity index (χ1n) is 8.60. The molecule has 0 aliphatic carbocycles. The number of nitrogens with two attached hydrogens (primary N) is 1. The van der Waals surface area contributed by atoms with Crippen molar-refractivity contribution in [3.63, 3.8) is 0 Å². The third kappa shape index (κ3) is 5.22. The van der Waals surface area contributed by atoms with Crippen LogP contribution >= 0.6 is 11.8 Å². The van der Waals surface area contributed by atoms with E-state index in [9.17, 15) is 4.79 Å². The zero-order valence-electron chi connectivity index (χ0n) is 15.1. The molecule has 2 aromatic rings. The van der Waals surface area contributed by atoms with Crippen molar-refractivity contribution in [1.82, 2.24) is 14.8 Å². The van der Waals surface area contributed by atoms with Crippen molar-refractivity contribution in [2.75, 3.05) is 12.8 Å². The van der Waals surface area contributed by atoms with Crippen molar-refractivity contribution in [2.24, 2.45) is 0 Å². The Hall–Kier alpha value is -2.02. The maximum absolute atomic E-state index is 11.9. The maximum atomic E-state index is 11.9. The molecule has 0 saturated carbocycles. The summed E-state index contributed by atoms with van der Waals surface area (Å²) in [6.45, 7) is 4.78. The Morgan fingerprint density at radius 2 is 2.00 bits per heavy atom. The van der Waals surface area contributed by atoms with E-state index >= 15 is 0 Å². The number of unbranched alkanes of at least 4 members (excludes halogenated alkanes) is 1. The van der Waals surface area contributed by atoms with Gasteiger partial charge in [-0.15, -0.1) is 10.2 Å². The molecule has 0 amide bonds. The van der Waals surface area contributed by atoms with E-state index < -0.39 is 0 Å². The number of ether oxygens (including phenoxy) is 1. The van der Waals surface area contributed by atoms with Crippen molar-refractivity contribution >= 4 is 23.4 Å². The predicted molar refractivity (Wildman–Crippen MR) is 101 cm³/mol. The fourth-order valence-electron chi connectivity index (χ4n) is 2.45. The first-order valence-corrected chi connectivity index (χ1v) is 9.47. The summed E-state index contributed by atoms with van der Waals surface area (Å²) in [5.41, 5.74) is 7.64. The number of hydrogen-bond acceptors (Lipinski definition) is 6. The Kier molecular flexibility index (Phi) is 7.31. The number of methoxy groups -OCH3 is 1. The summed E-state index contributed by atoms with van der Waals surface area (Å²) in [6.07, 6.45) is 3.69. The molecule has 1 atom stereocenters. The standard InChI is InChI=1S/C18H26N4O2S/c1-4-6-7-16-20-21-18(25-15(5-2)17(23)24-3)22(16)12-13-8-10-14(19)11-9-13/h8-11,15H,4-7,12,19H2,1-3H3. The average Bonchev–Trinajstić information content (AvgIpc) is 3.00. The fourth-order valence-corrected chi connectivity index (χ4v) is 3.45. The molecular formula is C18H26N4O2S. The minimum atomic E-state index is -0.279. The zero-order chi connectivity index (χ0) is 18.2. The van der Waals surface area contributed by atoms with Crippen LogP contribution in [-0.2, 0) is 22.5 Å². The van der Waals surface area contributed by atoms with Gasteiger partial charge < -0.3 is 15.0 Å². The number of rotatable bonds is 9. The maximum Gasteiger partial charge on any atom is 0.319 e. The number of carbonyl (C=O) groups excluding carboxylic acids is 1. The van der Waals surface area contributed by atoms with Gasteiger partial charge in [-0.05, 0) is 30.5 Å². The third-order valence-electron chi connectivity index (χ3n) is 3.95. The van der Waals surface area contributed by atoms with Gasteiger partial charge in [-0.2, -0.15) is 0 Å². The van der Waals surface area contributed by atoms with E-state index in [1.54, 1.807) is 0 Å². The Balaban J connectivity index is 2.27. The molecule has 0 bridgehead atoms. The summed E-state index contributed by atoms with van der Waals surface area (Å²) in [6, 6.07) is 7.79. The predicted octanol–water partition coefficient (Wildman–Crippen LogP) is 3.29. The van der Waals surface area contributed by atoms with Crippen LogP contribution in [0.1, 0.15) is 44.5 Å². The molecule has 0 saturated heterocycles. The lowest BCUT2D eigenvalue weighted by Gasteiger charge is -2.14. The van der Waals surface area contributed by atoms with E-state index in [-0.39, 0.29) is 11.2 Å². The number of anilines is 1. The Morgan fingerprint density at radius 1 is 1.28 bits per heavy atom. The molecular weight excluding hydrogens is 336 g/mol. The van der Waals surface area contributed by atoms with Crippen LogP contribution in [0.25, 0.3) is 0 Å². The molecule has 1 heterocycles. The Labute approximate surface area is 153 Å². The first kappa shape index (κ1) is 19.3. The second-order valence-electron chi connectivity index (χ2n) is 5.87. The van der Waals surface area contributed by atoms with Gasteiger partial charge in [-0.3, -0.25) is 4.79 Å². The summed E-state index contributed by atoms with van der Waals surface area (Å²) in [5.74, 6) is 0.713. The summed E-state index contributed by atoms with van der Waals surface area (Å²) in [4.78, 5) is 11.9. The van der Waals surface area contributed by atoms with Crippen LogP contribution in [0.4, 0.5) is 5.69 Å². The second kappa shape index (κ2) is 9.46. The number of carbonyl (C=O) groups is 1. The minimum absolute atomic E-state index is 0.232. The highest BCUT2D eigenvalue weighted by atomic mass is 32.2. The summed E-state index contributed by atoms with van der Waals surface area (Å²) in [7, 11) is 1.41. The zero-order valence-corrected chi connectivity index (χ0v) is 15.9. The van der Waals surface area contributed by atoms with Crippen molar-refractivity contribution in [3.8, 4) is 0 Å². The molecule has 0 aliphatic heterocycles. The number of benzene rings is 1. The normalized spacial score (nSPS) is 12.1. The van der Waals surface area contributed by atoms with Crippen LogP contribution < -0.4 is 5.73 Å². The number of nitrogen functional groups attached to an aromatic ring is 1. The molecule has 0 aliphatic rings. The summed E-state index contributed by atoms with van der Waals surface area (Å²) in [5, 5.41) is 9.16. The minimum Gasteiger partial charge on any atom is -0.468 e. The van der Waals surface area contributed by atoms with Crippen LogP contribution in [0.15, 0.2) is 29.4 Å². The number of hydrogen-bond donors (Lipinski definition) is 1. The summed E-state index contributed by atoms with van der Waals surface area (Å²) < 4.78 is 6.98. The van der Waals surface area contributed by atoms with Crippen LogP contribution in [0, 0.1) is 0 Å². The lowest BCUT2D eigenvalue weighted by Crippen LogP contribution is -2.19. The van der Waals surface area contributed by atoms with Gasteiger partial charge in [-0.25, -0.2) is 0 Å². The lowest BCUT2D eigenvalue weighted by atomic mass is 10.2. The third-order valence-corrected chi connectivity index (χ3v) is 5.27. The molecule has 0 radical (unpaired) electrons. The Morgan fingerprint density at radius 3 is 2.60 bits per heavy atom. The van der Waals surface area contributed by atoms with Crippen molar-refractivity contribution in [2.45, 2.75) is 56.5 Å². The molecule has 1 unspecified atom stereocenters. The smallest absolute Gasteiger partial charge is 0.319 e. The van der Waals surface area contributed by atoms with Crippen LogP contribution in [0.3, 0.4) is 0 Å². The van der Waals surface area contributed by atoms with E-state index in [4.69, 9.17) is 10.5 Å². The molecule has 136 valence electrons. The summed E-state index contributed by atoms with van der Waals surface area (Å²) >= 11 is 1.41. The lowest BCUT2D eigenvalue weighted by molar-refractivity contribution is -0.140. The Bertz CT molecular complexity index is 685. The van der Waals surface area contributed by atoms with Crippen LogP contribution in [-0.4, -0.2) is 33.1 Å². The topological polar surface area (TPSA) is 83.0 Å². The van der Waals surface area contributed by atoms with Gasteiger partial charge in [0.15, 0.2) is 5.16 Å². The largest absolute Gasteiger partial charge is 0.468 e. The van der Waals surface area contributed by atoms with Gasteiger partial charge in [0.05, 0.1) is 13.7 Å². The molecule has 2 rings (SSSR count).